The molecule has 8 heteroatoms. The second-order valence-corrected chi connectivity index (χ2v) is 5.47. The highest BCUT2D eigenvalue weighted by Gasteiger charge is 2.07. The van der Waals surface area contributed by atoms with E-state index in [1.54, 1.807) is 47.4 Å². The van der Waals surface area contributed by atoms with Gasteiger partial charge >= 0.3 is 0 Å². The quantitative estimate of drug-likeness (QED) is 0.363. The van der Waals surface area contributed by atoms with E-state index in [4.69, 9.17) is 5.73 Å². The van der Waals surface area contributed by atoms with E-state index in [9.17, 15) is 9.18 Å². The minimum Gasteiger partial charge on any atom is -0.369 e. The van der Waals surface area contributed by atoms with Crippen molar-refractivity contribution in [3.8, 4) is 0 Å². The Morgan fingerprint density at radius 1 is 1.19 bits per heavy atom. The molecule has 26 heavy (non-hydrogen) atoms. The van der Waals surface area contributed by atoms with Gasteiger partial charge in [0.05, 0.1) is 6.54 Å². The Balaban J connectivity index is 0.00000338. The molecule has 0 aliphatic rings. The zero-order valence-electron chi connectivity index (χ0n) is 14.5. The third kappa shape index (κ3) is 5.86. The van der Waals surface area contributed by atoms with Crippen LogP contribution in [0.3, 0.4) is 0 Å². The van der Waals surface area contributed by atoms with Gasteiger partial charge < -0.3 is 10.6 Å². The van der Waals surface area contributed by atoms with Crippen LogP contribution >= 0.6 is 12.4 Å². The number of aliphatic imine (C=N–C) groups is 1. The van der Waals surface area contributed by atoms with Gasteiger partial charge in [-0.05, 0) is 6.07 Å². The molecule has 2 rings (SSSR count). The first-order valence-corrected chi connectivity index (χ1v) is 7.61. The summed E-state index contributed by atoms with van der Waals surface area (Å²) in [7, 11) is 3.67. The lowest BCUT2D eigenvalue weighted by Gasteiger charge is -2.16. The fourth-order valence-corrected chi connectivity index (χ4v) is 2.08. The number of carbonyl (C=O) groups is 1. The van der Waals surface area contributed by atoms with Crippen molar-refractivity contribution in [1.82, 2.24) is 10.3 Å². The number of hydrogen-bond donors (Lipinski definition) is 2. The largest absolute Gasteiger partial charge is 0.369 e. The number of amidine groups is 1. The van der Waals surface area contributed by atoms with Crippen molar-refractivity contribution in [3.05, 3.63) is 71.0 Å². The van der Waals surface area contributed by atoms with E-state index in [1.165, 1.54) is 6.07 Å². The van der Waals surface area contributed by atoms with Crippen molar-refractivity contribution >= 4 is 30.5 Å². The average Bonchev–Trinajstić information content (AvgIpc) is 2.61. The molecule has 0 amide bonds. The SMILES string of the molecule is CN(C)C(=NNC(N)=NCc1ccccc1F)c1ccc(C=O)cc1.Cl. The summed E-state index contributed by atoms with van der Waals surface area (Å²) in [6, 6.07) is 13.4. The molecule has 0 saturated carbocycles. The predicted molar refractivity (Wildman–Crippen MR) is 104 cm³/mol. The number of rotatable bonds is 5. The summed E-state index contributed by atoms with van der Waals surface area (Å²) < 4.78 is 13.6. The van der Waals surface area contributed by atoms with E-state index >= 15 is 0 Å². The van der Waals surface area contributed by atoms with Crippen molar-refractivity contribution in [1.29, 1.82) is 0 Å². The molecule has 6 nitrogen and oxygen atoms in total. The Hall–Kier alpha value is -2.93. The van der Waals surface area contributed by atoms with Crippen LogP contribution in [0.1, 0.15) is 21.5 Å². The molecule has 2 aromatic rings. The third-order valence-electron chi connectivity index (χ3n) is 3.38. The Morgan fingerprint density at radius 2 is 1.85 bits per heavy atom. The average molecular weight is 378 g/mol. The topological polar surface area (TPSA) is 83.1 Å². The number of hydrogen-bond acceptors (Lipinski definition) is 3. The van der Waals surface area contributed by atoms with Gasteiger partial charge in [0.1, 0.15) is 12.1 Å². The van der Waals surface area contributed by atoms with Crippen molar-refractivity contribution in [3.63, 3.8) is 0 Å². The molecule has 0 spiro atoms. The van der Waals surface area contributed by atoms with Crippen molar-refractivity contribution < 1.29 is 9.18 Å². The number of aldehydes is 1. The lowest BCUT2D eigenvalue weighted by atomic mass is 10.1. The van der Waals surface area contributed by atoms with E-state index in [2.05, 4.69) is 15.5 Å². The maximum Gasteiger partial charge on any atom is 0.209 e. The minimum atomic E-state index is -0.327. The monoisotopic (exact) mass is 377 g/mol. The van der Waals surface area contributed by atoms with Crippen LogP contribution in [0.5, 0.6) is 0 Å². The molecule has 3 N–H and O–H groups in total. The van der Waals surface area contributed by atoms with Gasteiger partial charge in [-0.2, -0.15) is 5.10 Å². The molecule has 0 aliphatic carbocycles. The summed E-state index contributed by atoms with van der Waals surface area (Å²) in [6.45, 7) is 0.117. The number of hydrazone groups is 1. The van der Waals surface area contributed by atoms with Crippen LogP contribution in [-0.2, 0) is 6.54 Å². The standard InChI is InChI=1S/C18H20FN5O.ClH/c1-24(2)17(14-9-7-13(12-25)8-10-14)22-23-18(20)21-11-15-5-3-4-6-16(15)19;/h3-10,12H,11H2,1-2H3,(H3,20,21,23);1H. The summed E-state index contributed by atoms with van der Waals surface area (Å²) >= 11 is 0. The van der Waals surface area contributed by atoms with Gasteiger partial charge in [0.15, 0.2) is 5.84 Å². The zero-order chi connectivity index (χ0) is 18.2. The first-order valence-electron chi connectivity index (χ1n) is 7.61. The molecule has 0 unspecified atom stereocenters. The molecular formula is C18H21ClFN5O. The van der Waals surface area contributed by atoms with Crippen molar-refractivity contribution in [2.24, 2.45) is 15.8 Å². The third-order valence-corrected chi connectivity index (χ3v) is 3.38. The van der Waals surface area contributed by atoms with E-state index in [1.807, 2.05) is 14.1 Å². The van der Waals surface area contributed by atoms with Crippen LogP contribution < -0.4 is 11.2 Å². The second kappa shape index (κ2) is 10.1. The fraction of sp³-hybridized carbons (Fsp3) is 0.167. The molecule has 0 aromatic heterocycles. The highest BCUT2D eigenvalue weighted by Crippen LogP contribution is 2.07. The van der Waals surface area contributed by atoms with Gasteiger partial charge in [0, 0.05) is 30.8 Å². The van der Waals surface area contributed by atoms with Crippen LogP contribution in [0.4, 0.5) is 4.39 Å². The molecule has 2 aromatic carbocycles. The smallest absolute Gasteiger partial charge is 0.209 e. The molecule has 0 fully saturated rings. The van der Waals surface area contributed by atoms with Crippen LogP contribution in [-0.4, -0.2) is 37.1 Å². The number of carbonyl (C=O) groups excluding carboxylic acids is 1. The minimum absolute atomic E-state index is 0. The van der Waals surface area contributed by atoms with Crippen LogP contribution in [0.25, 0.3) is 0 Å². The molecule has 0 radical (unpaired) electrons. The summed E-state index contributed by atoms with van der Waals surface area (Å²) in [5, 5.41) is 4.24. The van der Waals surface area contributed by atoms with Crippen LogP contribution in [0.2, 0.25) is 0 Å². The van der Waals surface area contributed by atoms with E-state index < -0.39 is 0 Å². The molecule has 0 aliphatic heterocycles. The lowest BCUT2D eigenvalue weighted by molar-refractivity contribution is 0.112. The fourth-order valence-electron chi connectivity index (χ4n) is 2.08. The summed E-state index contributed by atoms with van der Waals surface area (Å²) in [4.78, 5) is 16.6. The van der Waals surface area contributed by atoms with E-state index in [-0.39, 0.29) is 30.7 Å². The first-order chi connectivity index (χ1) is 12.0. The van der Waals surface area contributed by atoms with Crippen molar-refractivity contribution in [2.75, 3.05) is 14.1 Å². The Labute approximate surface area is 158 Å². The molecule has 0 atom stereocenters. The number of nitrogens with one attached hydrogen (secondary N) is 1. The maximum absolute atomic E-state index is 13.6. The summed E-state index contributed by atoms with van der Waals surface area (Å²) in [5.41, 5.74) is 10.3. The molecule has 0 saturated heterocycles. The van der Waals surface area contributed by atoms with Gasteiger partial charge in [-0.3, -0.25) is 4.79 Å². The predicted octanol–water partition coefficient (Wildman–Crippen LogP) is 2.39. The number of benzene rings is 2. The number of nitrogens with two attached hydrogens (primary N) is 1. The lowest BCUT2D eigenvalue weighted by Crippen LogP contribution is -2.32. The Bertz CT molecular complexity index is 790. The second-order valence-electron chi connectivity index (χ2n) is 5.47. The van der Waals surface area contributed by atoms with Crippen molar-refractivity contribution in [2.45, 2.75) is 6.54 Å². The van der Waals surface area contributed by atoms with Crippen LogP contribution in [0, 0.1) is 5.82 Å². The summed E-state index contributed by atoms with van der Waals surface area (Å²) in [6.07, 6.45) is 0.780. The van der Waals surface area contributed by atoms with E-state index in [0.717, 1.165) is 11.8 Å². The van der Waals surface area contributed by atoms with Gasteiger partial charge in [0.2, 0.25) is 5.96 Å². The summed E-state index contributed by atoms with van der Waals surface area (Å²) in [5.74, 6) is 0.361. The van der Waals surface area contributed by atoms with Gasteiger partial charge in [-0.1, -0.05) is 42.5 Å². The molecule has 0 bridgehead atoms. The number of nitrogens with zero attached hydrogens (tertiary/aromatic N) is 3. The number of guanidine groups is 1. The maximum atomic E-state index is 13.6. The van der Waals surface area contributed by atoms with Crippen LogP contribution in [0.15, 0.2) is 58.6 Å². The molecule has 0 heterocycles. The highest BCUT2D eigenvalue weighted by molar-refractivity contribution is 5.99. The Kier molecular flexibility index (Phi) is 8.24. The molecular weight excluding hydrogens is 357 g/mol. The van der Waals surface area contributed by atoms with Gasteiger partial charge in [0.25, 0.3) is 0 Å². The zero-order valence-corrected chi connectivity index (χ0v) is 15.3. The number of halogens is 2. The Morgan fingerprint density at radius 3 is 2.42 bits per heavy atom. The highest BCUT2D eigenvalue weighted by atomic mass is 35.5. The van der Waals surface area contributed by atoms with Gasteiger partial charge in [-0.15, -0.1) is 12.4 Å². The first kappa shape index (κ1) is 21.1. The van der Waals surface area contributed by atoms with Gasteiger partial charge in [-0.25, -0.2) is 14.8 Å². The molecule has 138 valence electrons. The normalized spacial score (nSPS) is 11.5. The van der Waals surface area contributed by atoms with E-state index in [0.29, 0.717) is 17.0 Å².